The van der Waals surface area contributed by atoms with Crippen LogP contribution in [0.25, 0.3) is 10.1 Å². The zero-order chi connectivity index (χ0) is 15.4. The summed E-state index contributed by atoms with van der Waals surface area (Å²) in [4.78, 5) is 14.5. The highest BCUT2D eigenvalue weighted by Crippen LogP contribution is 2.27. The third-order valence-electron chi connectivity index (χ3n) is 4.62. The largest absolute Gasteiger partial charge is 0.338 e. The molecule has 0 saturated carbocycles. The molecule has 1 saturated heterocycles. The van der Waals surface area contributed by atoms with Crippen LogP contribution in [-0.4, -0.2) is 29.9 Å². The third-order valence-corrected chi connectivity index (χ3v) is 5.63. The molecular weight excluding hydrogens is 292 g/mol. The number of benzene rings is 1. The summed E-state index contributed by atoms with van der Waals surface area (Å²) < 4.78 is 1.34. The second-order valence-electron chi connectivity index (χ2n) is 6.08. The predicted molar refractivity (Wildman–Crippen MR) is 93.2 cm³/mol. The third kappa shape index (κ3) is 3.33. The van der Waals surface area contributed by atoms with Gasteiger partial charge in [-0.25, -0.2) is 0 Å². The van der Waals surface area contributed by atoms with Gasteiger partial charge in [0.1, 0.15) is 0 Å². The van der Waals surface area contributed by atoms with Gasteiger partial charge in [-0.1, -0.05) is 18.2 Å². The number of rotatable bonds is 5. The average Bonchev–Trinajstić information content (AvgIpc) is 2.98. The Hall–Kier alpha value is -1.39. The fourth-order valence-electron chi connectivity index (χ4n) is 3.37. The van der Waals surface area contributed by atoms with E-state index in [4.69, 9.17) is 5.73 Å². The standard InChI is InChI=1S/C18H24N2OS/c19-12-15-7-3-4-11-20(15)18(21)10-5-6-14-13-22-17-9-2-1-8-16(14)17/h1-2,8-9,13,15H,3-7,10-12,19H2. The molecule has 0 bridgehead atoms. The molecule has 4 heteroatoms. The number of hydrogen-bond acceptors (Lipinski definition) is 3. The molecule has 0 aliphatic carbocycles. The van der Waals surface area contributed by atoms with Gasteiger partial charge in [-0.05, 0) is 54.5 Å². The molecule has 22 heavy (non-hydrogen) atoms. The van der Waals surface area contributed by atoms with Gasteiger partial charge in [0.15, 0.2) is 0 Å². The first-order chi connectivity index (χ1) is 10.8. The maximum atomic E-state index is 12.4. The molecule has 2 N–H and O–H groups in total. The molecule has 0 spiro atoms. The van der Waals surface area contributed by atoms with Crippen molar-refractivity contribution in [2.75, 3.05) is 13.1 Å². The number of hydrogen-bond donors (Lipinski definition) is 1. The predicted octanol–water partition coefficient (Wildman–Crippen LogP) is 3.56. The van der Waals surface area contributed by atoms with Gasteiger partial charge in [-0.15, -0.1) is 11.3 Å². The van der Waals surface area contributed by atoms with Gasteiger partial charge >= 0.3 is 0 Å². The molecule has 1 amide bonds. The van der Waals surface area contributed by atoms with Gasteiger partial charge in [0.25, 0.3) is 0 Å². The average molecular weight is 316 g/mol. The summed E-state index contributed by atoms with van der Waals surface area (Å²) in [5.41, 5.74) is 7.18. The lowest BCUT2D eigenvalue weighted by atomic mass is 10.0. The Morgan fingerprint density at radius 1 is 1.32 bits per heavy atom. The number of nitrogens with two attached hydrogens (primary N) is 1. The van der Waals surface area contributed by atoms with E-state index in [9.17, 15) is 4.79 Å². The van der Waals surface area contributed by atoms with Crippen LogP contribution >= 0.6 is 11.3 Å². The monoisotopic (exact) mass is 316 g/mol. The van der Waals surface area contributed by atoms with Crippen LogP contribution in [0, 0.1) is 0 Å². The van der Waals surface area contributed by atoms with Crippen LogP contribution < -0.4 is 5.73 Å². The molecule has 1 aromatic heterocycles. The van der Waals surface area contributed by atoms with E-state index < -0.39 is 0 Å². The van der Waals surface area contributed by atoms with Gasteiger partial charge in [-0.2, -0.15) is 0 Å². The molecule has 3 nitrogen and oxygen atoms in total. The lowest BCUT2D eigenvalue weighted by molar-refractivity contribution is -0.134. The van der Waals surface area contributed by atoms with Gasteiger partial charge in [0, 0.05) is 30.3 Å². The Kier molecular flexibility index (Phi) is 5.11. The van der Waals surface area contributed by atoms with Crippen molar-refractivity contribution in [1.82, 2.24) is 4.90 Å². The molecule has 118 valence electrons. The Balaban J connectivity index is 1.55. The lowest BCUT2D eigenvalue weighted by Gasteiger charge is -2.35. The van der Waals surface area contributed by atoms with E-state index in [0.29, 0.717) is 13.0 Å². The van der Waals surface area contributed by atoms with Crippen molar-refractivity contribution >= 4 is 27.3 Å². The van der Waals surface area contributed by atoms with E-state index >= 15 is 0 Å². The number of thiophene rings is 1. The van der Waals surface area contributed by atoms with E-state index in [0.717, 1.165) is 32.2 Å². The van der Waals surface area contributed by atoms with Gasteiger partial charge in [-0.3, -0.25) is 4.79 Å². The number of likely N-dealkylation sites (tertiary alicyclic amines) is 1. The summed E-state index contributed by atoms with van der Waals surface area (Å²) >= 11 is 1.79. The zero-order valence-corrected chi connectivity index (χ0v) is 13.8. The van der Waals surface area contributed by atoms with Gasteiger partial charge < -0.3 is 10.6 Å². The Labute approximate surface area is 136 Å². The van der Waals surface area contributed by atoms with Crippen molar-refractivity contribution in [2.24, 2.45) is 5.73 Å². The van der Waals surface area contributed by atoms with Crippen molar-refractivity contribution in [3.05, 3.63) is 35.2 Å². The molecule has 3 rings (SSSR count). The summed E-state index contributed by atoms with van der Waals surface area (Å²) in [7, 11) is 0. The number of fused-ring (bicyclic) bond motifs is 1. The van der Waals surface area contributed by atoms with Crippen molar-refractivity contribution in [1.29, 1.82) is 0 Å². The Bertz CT molecular complexity index is 637. The van der Waals surface area contributed by atoms with E-state index in [1.165, 1.54) is 22.1 Å². The fourth-order valence-corrected chi connectivity index (χ4v) is 4.37. The number of carbonyl (C=O) groups is 1. The number of carbonyl (C=O) groups excluding carboxylic acids is 1. The quantitative estimate of drug-likeness (QED) is 0.916. The van der Waals surface area contributed by atoms with Crippen molar-refractivity contribution in [2.45, 2.75) is 44.6 Å². The Morgan fingerprint density at radius 3 is 3.05 bits per heavy atom. The highest BCUT2D eigenvalue weighted by atomic mass is 32.1. The van der Waals surface area contributed by atoms with E-state index in [2.05, 4.69) is 29.6 Å². The zero-order valence-electron chi connectivity index (χ0n) is 13.0. The van der Waals surface area contributed by atoms with Gasteiger partial charge in [0.2, 0.25) is 5.91 Å². The smallest absolute Gasteiger partial charge is 0.222 e. The summed E-state index contributed by atoms with van der Waals surface area (Å²) in [5, 5.41) is 3.58. The second kappa shape index (κ2) is 7.25. The summed E-state index contributed by atoms with van der Waals surface area (Å²) in [6, 6.07) is 8.77. The minimum absolute atomic E-state index is 0.267. The molecule has 1 unspecified atom stereocenters. The molecule has 1 fully saturated rings. The summed E-state index contributed by atoms with van der Waals surface area (Å²) in [5.74, 6) is 0.287. The highest BCUT2D eigenvalue weighted by molar-refractivity contribution is 7.17. The number of piperidine rings is 1. The first kappa shape index (κ1) is 15.5. The number of nitrogens with zero attached hydrogens (tertiary/aromatic N) is 1. The van der Waals surface area contributed by atoms with E-state index in [1.807, 2.05) is 4.90 Å². The molecule has 0 radical (unpaired) electrons. The fraction of sp³-hybridized carbons (Fsp3) is 0.500. The molecule has 1 aromatic carbocycles. The minimum atomic E-state index is 0.267. The molecular formula is C18H24N2OS. The van der Waals surface area contributed by atoms with Crippen LogP contribution in [0.1, 0.15) is 37.7 Å². The first-order valence-electron chi connectivity index (χ1n) is 8.24. The van der Waals surface area contributed by atoms with Crippen molar-refractivity contribution < 1.29 is 4.79 Å². The molecule has 1 aliphatic heterocycles. The highest BCUT2D eigenvalue weighted by Gasteiger charge is 2.24. The van der Waals surface area contributed by atoms with E-state index in [-0.39, 0.29) is 11.9 Å². The van der Waals surface area contributed by atoms with Gasteiger partial charge in [0.05, 0.1) is 0 Å². The minimum Gasteiger partial charge on any atom is -0.338 e. The maximum absolute atomic E-state index is 12.4. The van der Waals surface area contributed by atoms with Crippen LogP contribution in [0.15, 0.2) is 29.6 Å². The summed E-state index contributed by atoms with van der Waals surface area (Å²) in [6.07, 6.45) is 5.94. The van der Waals surface area contributed by atoms with E-state index in [1.54, 1.807) is 11.3 Å². The van der Waals surface area contributed by atoms with Crippen LogP contribution in [0.3, 0.4) is 0 Å². The van der Waals surface area contributed by atoms with Crippen LogP contribution in [0.2, 0.25) is 0 Å². The topological polar surface area (TPSA) is 46.3 Å². The number of aryl methyl sites for hydroxylation is 1. The van der Waals surface area contributed by atoms with Crippen molar-refractivity contribution in [3.8, 4) is 0 Å². The summed E-state index contributed by atoms with van der Waals surface area (Å²) in [6.45, 7) is 1.49. The van der Waals surface area contributed by atoms with Crippen molar-refractivity contribution in [3.63, 3.8) is 0 Å². The van der Waals surface area contributed by atoms with Crippen LogP contribution in [-0.2, 0) is 11.2 Å². The molecule has 2 aromatic rings. The first-order valence-corrected chi connectivity index (χ1v) is 9.12. The lowest BCUT2D eigenvalue weighted by Crippen LogP contribution is -2.47. The number of amides is 1. The Morgan fingerprint density at radius 2 is 2.18 bits per heavy atom. The second-order valence-corrected chi connectivity index (χ2v) is 6.99. The molecule has 1 atom stereocenters. The SMILES string of the molecule is NCC1CCCCN1C(=O)CCCc1csc2ccccc12. The molecule has 2 heterocycles. The normalized spacial score (nSPS) is 18.8. The maximum Gasteiger partial charge on any atom is 0.222 e. The molecule has 1 aliphatic rings. The van der Waals surface area contributed by atoms with Crippen LogP contribution in [0.4, 0.5) is 0 Å². The van der Waals surface area contributed by atoms with Crippen LogP contribution in [0.5, 0.6) is 0 Å².